The molecule has 1 unspecified atom stereocenters. The maximum absolute atomic E-state index is 6.92. The van der Waals surface area contributed by atoms with E-state index in [-0.39, 0.29) is 5.79 Å². The first-order valence-electron chi connectivity index (χ1n) is 13.3. The van der Waals surface area contributed by atoms with Gasteiger partial charge in [0.2, 0.25) is 0 Å². The third-order valence-electron chi connectivity index (χ3n) is 11.6. The summed E-state index contributed by atoms with van der Waals surface area (Å²) < 4.78 is 13.4. The van der Waals surface area contributed by atoms with Gasteiger partial charge in [0.25, 0.3) is 0 Å². The molecule has 0 bridgehead atoms. The van der Waals surface area contributed by atoms with Gasteiger partial charge in [-0.05, 0) is 97.7 Å². The molecule has 6 aliphatic rings. The van der Waals surface area contributed by atoms with Crippen LogP contribution in [0.25, 0.3) is 0 Å². The first-order valence-corrected chi connectivity index (χ1v) is 13.3. The van der Waals surface area contributed by atoms with Gasteiger partial charge in [0.15, 0.2) is 5.79 Å². The van der Waals surface area contributed by atoms with Crippen LogP contribution in [0, 0.1) is 52.3 Å². The number of ether oxygens (including phenoxy) is 2. The standard InChI is InChI=1S/C28H44O2/c1-17-8-11-26(4)20(14-17)6-7-21-22(26)10-12-27(5)23(21)15-24-25(27)19(3)28(30-24)13-9-18(2)16-29-28/h6,17-19,21-25H,7-16H2,1-5H3/t17-,18?,19+,21-,22+,23+,24+,25+,26+,27+,28-/m1/s1. The molecule has 3 saturated carbocycles. The molecule has 168 valence electrons. The largest absolute Gasteiger partial charge is 0.349 e. The van der Waals surface area contributed by atoms with Crippen molar-refractivity contribution in [1.29, 1.82) is 0 Å². The summed E-state index contributed by atoms with van der Waals surface area (Å²) in [6.07, 6.45) is 15.3. The lowest BCUT2D eigenvalue weighted by Crippen LogP contribution is -2.52. The molecule has 0 aromatic rings. The summed E-state index contributed by atoms with van der Waals surface area (Å²) in [6.45, 7) is 13.5. The van der Waals surface area contributed by atoms with Gasteiger partial charge >= 0.3 is 0 Å². The molecule has 5 fully saturated rings. The second kappa shape index (κ2) is 6.60. The van der Waals surface area contributed by atoms with E-state index >= 15 is 0 Å². The number of allylic oxidation sites excluding steroid dienone is 2. The molecule has 2 saturated heterocycles. The smallest absolute Gasteiger partial charge is 0.171 e. The Bertz CT molecular complexity index is 733. The maximum Gasteiger partial charge on any atom is 0.171 e. The van der Waals surface area contributed by atoms with Gasteiger partial charge in [-0.1, -0.05) is 46.3 Å². The Kier molecular flexibility index (Phi) is 4.46. The number of rotatable bonds is 0. The van der Waals surface area contributed by atoms with E-state index in [2.05, 4.69) is 40.7 Å². The number of hydrogen-bond acceptors (Lipinski definition) is 2. The fraction of sp³-hybridized carbons (Fsp3) is 0.929. The fourth-order valence-electron chi connectivity index (χ4n) is 9.86. The highest BCUT2D eigenvalue weighted by Gasteiger charge is 2.68. The molecular formula is C28H44O2. The molecule has 2 heteroatoms. The quantitative estimate of drug-likeness (QED) is 0.399. The van der Waals surface area contributed by atoms with Crippen molar-refractivity contribution in [3.63, 3.8) is 0 Å². The zero-order valence-corrected chi connectivity index (χ0v) is 20.1. The molecular weight excluding hydrogens is 368 g/mol. The molecule has 0 radical (unpaired) electrons. The van der Waals surface area contributed by atoms with Crippen LogP contribution in [0.4, 0.5) is 0 Å². The van der Waals surface area contributed by atoms with E-state index in [0.717, 1.165) is 36.7 Å². The van der Waals surface area contributed by atoms with Gasteiger partial charge in [-0.3, -0.25) is 0 Å². The Morgan fingerprint density at radius 2 is 1.73 bits per heavy atom. The minimum Gasteiger partial charge on any atom is -0.349 e. The predicted octanol–water partition coefficient (Wildman–Crippen LogP) is 6.99. The van der Waals surface area contributed by atoms with Crippen molar-refractivity contribution in [1.82, 2.24) is 0 Å². The van der Waals surface area contributed by atoms with Gasteiger partial charge in [0.05, 0.1) is 12.7 Å². The van der Waals surface area contributed by atoms with Crippen LogP contribution in [-0.4, -0.2) is 18.5 Å². The van der Waals surface area contributed by atoms with Crippen LogP contribution in [-0.2, 0) is 9.47 Å². The van der Waals surface area contributed by atoms with Crippen molar-refractivity contribution in [2.75, 3.05) is 6.61 Å². The molecule has 0 N–H and O–H groups in total. The van der Waals surface area contributed by atoms with Crippen LogP contribution in [0.1, 0.15) is 92.4 Å². The molecule has 1 spiro atoms. The summed E-state index contributed by atoms with van der Waals surface area (Å²) in [4.78, 5) is 0. The lowest BCUT2D eigenvalue weighted by atomic mass is 9.46. The molecule has 0 aromatic carbocycles. The molecule has 0 amide bonds. The van der Waals surface area contributed by atoms with Crippen LogP contribution in [0.5, 0.6) is 0 Å². The van der Waals surface area contributed by atoms with Gasteiger partial charge in [0.1, 0.15) is 0 Å². The zero-order chi connectivity index (χ0) is 20.9. The van der Waals surface area contributed by atoms with Crippen molar-refractivity contribution in [3.05, 3.63) is 11.6 Å². The van der Waals surface area contributed by atoms with E-state index in [1.54, 1.807) is 0 Å². The Hall–Kier alpha value is -0.340. The summed E-state index contributed by atoms with van der Waals surface area (Å²) in [5, 5.41) is 0. The minimum absolute atomic E-state index is 0.266. The van der Waals surface area contributed by atoms with Crippen LogP contribution in [0.15, 0.2) is 11.6 Å². The topological polar surface area (TPSA) is 18.5 Å². The van der Waals surface area contributed by atoms with Gasteiger partial charge in [0, 0.05) is 12.3 Å². The third kappa shape index (κ3) is 2.56. The molecule has 6 rings (SSSR count). The molecule has 4 aliphatic carbocycles. The Balaban J connectivity index is 1.28. The Labute approximate surface area is 184 Å². The molecule has 2 heterocycles. The van der Waals surface area contributed by atoms with Gasteiger partial charge in [-0.25, -0.2) is 0 Å². The highest BCUT2D eigenvalue weighted by Crippen LogP contribution is 2.70. The van der Waals surface area contributed by atoms with Gasteiger partial charge < -0.3 is 9.47 Å². The lowest BCUT2D eigenvalue weighted by molar-refractivity contribution is -0.272. The first-order chi connectivity index (χ1) is 14.3. The zero-order valence-electron chi connectivity index (χ0n) is 20.1. The lowest BCUT2D eigenvalue weighted by Gasteiger charge is -2.58. The van der Waals surface area contributed by atoms with Crippen LogP contribution >= 0.6 is 0 Å². The normalized spacial score (nSPS) is 59.8. The SMILES string of the molecule is CC1CC[C@@]2(OC1)O[C@H]1C[C@H]3[C@@H]4CC=C5C[C@H](C)CC[C@]5(C)[C@H]4CC[C@]3(C)[C@H]1[C@@H]2C. The predicted molar refractivity (Wildman–Crippen MR) is 121 cm³/mol. The van der Waals surface area contributed by atoms with E-state index < -0.39 is 0 Å². The van der Waals surface area contributed by atoms with E-state index in [1.165, 1.54) is 51.4 Å². The Morgan fingerprint density at radius 3 is 2.50 bits per heavy atom. The van der Waals surface area contributed by atoms with Crippen molar-refractivity contribution < 1.29 is 9.47 Å². The summed E-state index contributed by atoms with van der Waals surface area (Å²) in [6, 6.07) is 0. The van der Waals surface area contributed by atoms with E-state index in [4.69, 9.17) is 9.47 Å². The first kappa shape index (κ1) is 20.3. The second-order valence-electron chi connectivity index (χ2n) is 13.1. The van der Waals surface area contributed by atoms with Crippen molar-refractivity contribution >= 4 is 0 Å². The maximum atomic E-state index is 6.92. The fourth-order valence-corrected chi connectivity index (χ4v) is 9.86. The monoisotopic (exact) mass is 412 g/mol. The van der Waals surface area contributed by atoms with Crippen LogP contribution in [0.3, 0.4) is 0 Å². The molecule has 30 heavy (non-hydrogen) atoms. The van der Waals surface area contributed by atoms with Crippen molar-refractivity contribution in [2.24, 2.45) is 52.3 Å². The van der Waals surface area contributed by atoms with E-state index in [1.807, 2.05) is 5.57 Å². The summed E-state index contributed by atoms with van der Waals surface area (Å²) in [5.41, 5.74) is 2.77. The summed E-state index contributed by atoms with van der Waals surface area (Å²) >= 11 is 0. The number of fused-ring (bicyclic) bond motifs is 7. The molecule has 0 aromatic heterocycles. The van der Waals surface area contributed by atoms with E-state index in [0.29, 0.717) is 34.7 Å². The molecule has 2 nitrogen and oxygen atoms in total. The highest BCUT2D eigenvalue weighted by molar-refractivity contribution is 5.26. The second-order valence-corrected chi connectivity index (χ2v) is 13.1. The van der Waals surface area contributed by atoms with Crippen molar-refractivity contribution in [3.8, 4) is 0 Å². The van der Waals surface area contributed by atoms with Crippen LogP contribution < -0.4 is 0 Å². The summed E-state index contributed by atoms with van der Waals surface area (Å²) in [7, 11) is 0. The molecule has 11 atom stereocenters. The van der Waals surface area contributed by atoms with E-state index in [9.17, 15) is 0 Å². The van der Waals surface area contributed by atoms with Crippen molar-refractivity contribution in [2.45, 2.75) is 104 Å². The Morgan fingerprint density at radius 1 is 0.933 bits per heavy atom. The summed E-state index contributed by atoms with van der Waals surface area (Å²) in [5.74, 6) is 5.20. The average Bonchev–Trinajstić information content (AvgIpc) is 3.16. The van der Waals surface area contributed by atoms with Crippen LogP contribution in [0.2, 0.25) is 0 Å². The molecule has 2 aliphatic heterocycles. The third-order valence-corrected chi connectivity index (χ3v) is 11.6. The average molecular weight is 413 g/mol. The van der Waals surface area contributed by atoms with Gasteiger partial charge in [-0.2, -0.15) is 0 Å². The highest BCUT2D eigenvalue weighted by atomic mass is 16.7. The van der Waals surface area contributed by atoms with Gasteiger partial charge in [-0.15, -0.1) is 0 Å². The minimum atomic E-state index is -0.266. The number of hydrogen-bond donors (Lipinski definition) is 0.